The number of ether oxygens (including phenoxy) is 1. The van der Waals surface area contributed by atoms with Gasteiger partial charge in [0.2, 0.25) is 11.8 Å². The van der Waals surface area contributed by atoms with E-state index in [0.29, 0.717) is 11.8 Å². The van der Waals surface area contributed by atoms with Gasteiger partial charge < -0.3 is 10.1 Å². The topological polar surface area (TPSA) is 47.0 Å². The summed E-state index contributed by atoms with van der Waals surface area (Å²) in [5.41, 5.74) is 0. The van der Waals surface area contributed by atoms with Gasteiger partial charge in [-0.2, -0.15) is 4.98 Å². The number of aromatic nitrogens is 2. The molecule has 1 aromatic heterocycles. The molecule has 2 aliphatic carbocycles. The van der Waals surface area contributed by atoms with E-state index in [-0.39, 0.29) is 0 Å². The minimum Gasteiger partial charge on any atom is -0.480 e. The highest BCUT2D eigenvalue weighted by Gasteiger charge is 2.41. The molecule has 4 nitrogen and oxygen atoms in total. The molecule has 1 aromatic rings. The Balaban J connectivity index is 1.61. The number of anilines is 1. The fourth-order valence-corrected chi connectivity index (χ4v) is 2.91. The summed E-state index contributed by atoms with van der Waals surface area (Å²) >= 11 is 3.36. The Morgan fingerprint density at radius 3 is 2.61 bits per heavy atom. The molecule has 0 radical (unpaired) electrons. The molecule has 0 saturated heterocycles. The van der Waals surface area contributed by atoms with Crippen molar-refractivity contribution in [1.29, 1.82) is 0 Å². The van der Waals surface area contributed by atoms with E-state index in [0.717, 1.165) is 28.8 Å². The van der Waals surface area contributed by atoms with Crippen LogP contribution in [0.5, 0.6) is 5.88 Å². The van der Waals surface area contributed by atoms with Crippen LogP contribution in [-0.2, 0) is 0 Å². The molecule has 0 spiro atoms. The summed E-state index contributed by atoms with van der Waals surface area (Å²) in [6.07, 6.45) is 7.37. The van der Waals surface area contributed by atoms with Crippen molar-refractivity contribution in [2.45, 2.75) is 25.7 Å². The molecule has 0 aliphatic heterocycles. The van der Waals surface area contributed by atoms with Crippen LogP contribution in [0.3, 0.4) is 0 Å². The summed E-state index contributed by atoms with van der Waals surface area (Å²) in [5.74, 6) is 3.97. The molecular formula is C13H18BrN3O. The second-order valence-electron chi connectivity index (χ2n) is 5.27. The zero-order valence-corrected chi connectivity index (χ0v) is 12.1. The van der Waals surface area contributed by atoms with Crippen molar-refractivity contribution < 1.29 is 4.74 Å². The van der Waals surface area contributed by atoms with Gasteiger partial charge in [0.25, 0.3) is 0 Å². The number of nitrogens with zero attached hydrogens (tertiary/aromatic N) is 2. The maximum atomic E-state index is 5.17. The van der Waals surface area contributed by atoms with Gasteiger partial charge in [-0.15, -0.1) is 0 Å². The predicted octanol–water partition coefficient (Wildman–Crippen LogP) is 3.10. The zero-order valence-electron chi connectivity index (χ0n) is 10.5. The average Bonchev–Trinajstić information content (AvgIpc) is 3.25. The molecule has 3 rings (SSSR count). The first kappa shape index (κ1) is 12.2. The molecule has 0 unspecified atom stereocenters. The van der Waals surface area contributed by atoms with Gasteiger partial charge in [0.05, 0.1) is 17.8 Å². The highest BCUT2D eigenvalue weighted by Crippen LogP contribution is 2.49. The monoisotopic (exact) mass is 311 g/mol. The van der Waals surface area contributed by atoms with Crippen molar-refractivity contribution in [3.8, 4) is 5.88 Å². The zero-order chi connectivity index (χ0) is 12.5. The number of methoxy groups -OCH3 is 1. The van der Waals surface area contributed by atoms with Crippen LogP contribution in [0.1, 0.15) is 25.7 Å². The van der Waals surface area contributed by atoms with E-state index in [9.17, 15) is 0 Å². The number of nitrogens with one attached hydrogen (secondary N) is 1. The number of halogens is 1. The molecule has 5 heteroatoms. The van der Waals surface area contributed by atoms with E-state index in [1.807, 2.05) is 0 Å². The molecule has 18 heavy (non-hydrogen) atoms. The molecule has 2 saturated carbocycles. The highest BCUT2D eigenvalue weighted by atomic mass is 79.9. The van der Waals surface area contributed by atoms with Gasteiger partial charge >= 0.3 is 0 Å². The van der Waals surface area contributed by atoms with Crippen LogP contribution in [0.15, 0.2) is 10.7 Å². The third-order valence-electron chi connectivity index (χ3n) is 3.86. The van der Waals surface area contributed by atoms with Crippen molar-refractivity contribution in [3.63, 3.8) is 0 Å². The first-order chi connectivity index (χ1) is 8.78. The normalized spacial score (nSPS) is 19.1. The molecule has 98 valence electrons. The number of hydrogen-bond acceptors (Lipinski definition) is 4. The quantitative estimate of drug-likeness (QED) is 0.877. The molecule has 1 heterocycles. The highest BCUT2D eigenvalue weighted by molar-refractivity contribution is 9.10. The molecule has 0 amide bonds. The van der Waals surface area contributed by atoms with Crippen LogP contribution < -0.4 is 10.1 Å². The SMILES string of the molecule is COc1nc(NCC(C2CC2)C2CC2)ncc1Br. The van der Waals surface area contributed by atoms with Gasteiger partial charge in [0, 0.05) is 6.54 Å². The Kier molecular flexibility index (Phi) is 3.41. The minimum absolute atomic E-state index is 0.585. The summed E-state index contributed by atoms with van der Waals surface area (Å²) < 4.78 is 5.96. The van der Waals surface area contributed by atoms with E-state index in [1.54, 1.807) is 13.3 Å². The Morgan fingerprint density at radius 2 is 2.06 bits per heavy atom. The Hall–Kier alpha value is -0.840. The predicted molar refractivity (Wildman–Crippen MR) is 73.7 cm³/mol. The van der Waals surface area contributed by atoms with E-state index in [2.05, 4.69) is 31.2 Å². The van der Waals surface area contributed by atoms with Gasteiger partial charge in [-0.1, -0.05) is 0 Å². The fraction of sp³-hybridized carbons (Fsp3) is 0.692. The van der Waals surface area contributed by atoms with Crippen molar-refractivity contribution in [2.75, 3.05) is 19.0 Å². The van der Waals surface area contributed by atoms with E-state index >= 15 is 0 Å². The lowest BCUT2D eigenvalue weighted by atomic mass is 9.98. The largest absolute Gasteiger partial charge is 0.480 e. The first-order valence-corrected chi connectivity index (χ1v) is 7.37. The van der Waals surface area contributed by atoms with Crippen LogP contribution in [0, 0.1) is 17.8 Å². The standard InChI is InChI=1S/C13H18BrN3O/c1-18-12-11(14)7-16-13(17-12)15-6-10(8-2-3-8)9-4-5-9/h7-10H,2-6H2,1H3,(H,15,16,17). The van der Waals surface area contributed by atoms with Gasteiger partial charge in [0.15, 0.2) is 0 Å². The van der Waals surface area contributed by atoms with Gasteiger partial charge in [-0.25, -0.2) is 4.98 Å². The average molecular weight is 312 g/mol. The second kappa shape index (κ2) is 5.03. The third kappa shape index (κ3) is 2.76. The van der Waals surface area contributed by atoms with Crippen LogP contribution in [0.2, 0.25) is 0 Å². The molecule has 0 bridgehead atoms. The molecule has 1 N–H and O–H groups in total. The maximum Gasteiger partial charge on any atom is 0.232 e. The Morgan fingerprint density at radius 1 is 1.39 bits per heavy atom. The molecule has 2 aliphatic rings. The summed E-state index contributed by atoms with van der Waals surface area (Å²) in [6.45, 7) is 1.00. The lowest BCUT2D eigenvalue weighted by Gasteiger charge is -2.16. The first-order valence-electron chi connectivity index (χ1n) is 6.58. The summed E-state index contributed by atoms with van der Waals surface area (Å²) in [7, 11) is 1.62. The smallest absolute Gasteiger partial charge is 0.232 e. The van der Waals surface area contributed by atoms with E-state index < -0.39 is 0 Å². The molecular weight excluding hydrogens is 294 g/mol. The lowest BCUT2D eigenvalue weighted by Crippen LogP contribution is -2.19. The third-order valence-corrected chi connectivity index (χ3v) is 4.40. The van der Waals surface area contributed by atoms with Gasteiger partial charge in [-0.3, -0.25) is 0 Å². The fourth-order valence-electron chi connectivity index (χ4n) is 2.56. The summed E-state index contributed by atoms with van der Waals surface area (Å²) in [4.78, 5) is 8.60. The Labute approximate surface area is 116 Å². The Bertz CT molecular complexity index is 420. The van der Waals surface area contributed by atoms with E-state index in [1.165, 1.54) is 25.7 Å². The lowest BCUT2D eigenvalue weighted by molar-refractivity contribution is 0.393. The van der Waals surface area contributed by atoms with Crippen LogP contribution in [0.25, 0.3) is 0 Å². The van der Waals surface area contributed by atoms with Crippen molar-refractivity contribution in [2.24, 2.45) is 17.8 Å². The molecule has 0 aromatic carbocycles. The number of hydrogen-bond donors (Lipinski definition) is 1. The molecule has 2 fully saturated rings. The number of rotatable bonds is 6. The van der Waals surface area contributed by atoms with Crippen molar-refractivity contribution >= 4 is 21.9 Å². The van der Waals surface area contributed by atoms with Crippen LogP contribution in [0.4, 0.5) is 5.95 Å². The van der Waals surface area contributed by atoms with Gasteiger partial charge in [-0.05, 0) is 59.4 Å². The van der Waals surface area contributed by atoms with Gasteiger partial charge in [0.1, 0.15) is 0 Å². The van der Waals surface area contributed by atoms with Crippen molar-refractivity contribution in [3.05, 3.63) is 10.7 Å². The summed E-state index contributed by atoms with van der Waals surface area (Å²) in [6, 6.07) is 0. The van der Waals surface area contributed by atoms with E-state index in [4.69, 9.17) is 4.74 Å². The summed E-state index contributed by atoms with van der Waals surface area (Å²) in [5, 5.41) is 3.37. The minimum atomic E-state index is 0.585. The van der Waals surface area contributed by atoms with Crippen LogP contribution in [-0.4, -0.2) is 23.6 Å². The molecule has 0 atom stereocenters. The second-order valence-corrected chi connectivity index (χ2v) is 6.12. The maximum absolute atomic E-state index is 5.17. The van der Waals surface area contributed by atoms with Crippen LogP contribution >= 0.6 is 15.9 Å². The van der Waals surface area contributed by atoms with Crippen molar-refractivity contribution in [1.82, 2.24) is 9.97 Å².